The van der Waals surface area contributed by atoms with Crippen molar-refractivity contribution in [1.29, 1.82) is 0 Å². The predicted molar refractivity (Wildman–Crippen MR) is 114 cm³/mol. The van der Waals surface area contributed by atoms with Gasteiger partial charge >= 0.3 is 0 Å². The largest absolute Gasteiger partial charge is 0.362 e. The molecule has 1 amide bonds. The molecule has 0 aliphatic carbocycles. The van der Waals surface area contributed by atoms with E-state index >= 15 is 0 Å². The zero-order chi connectivity index (χ0) is 20.4. The summed E-state index contributed by atoms with van der Waals surface area (Å²) in [5.41, 5.74) is 2.42. The molecule has 2 aromatic carbocycles. The number of benzene rings is 2. The molecule has 0 aromatic heterocycles. The Hall–Kier alpha value is -2.09. The van der Waals surface area contributed by atoms with Crippen LogP contribution in [0.15, 0.2) is 53.4 Å². The number of piperazine rings is 1. The zero-order valence-corrected chi connectivity index (χ0v) is 17.7. The molecular weight excluding hydrogens is 410 g/mol. The second-order valence-corrected chi connectivity index (χ2v) is 9.77. The second kappa shape index (κ2) is 8.34. The number of rotatable bonds is 4. The summed E-state index contributed by atoms with van der Waals surface area (Å²) in [6.45, 7) is 2.61. The number of para-hydroxylation sites is 1. The summed E-state index contributed by atoms with van der Waals surface area (Å²) < 4.78 is 27.0. The fourth-order valence-electron chi connectivity index (χ4n) is 3.97. The number of aryl methyl sites for hydroxylation is 1. The molecule has 2 aromatic rings. The first kappa shape index (κ1) is 20.2. The molecule has 0 unspecified atom stereocenters. The van der Waals surface area contributed by atoms with Crippen molar-refractivity contribution in [1.82, 2.24) is 9.21 Å². The van der Waals surface area contributed by atoms with Crippen molar-refractivity contribution in [3.8, 4) is 0 Å². The van der Waals surface area contributed by atoms with Gasteiger partial charge in [-0.25, -0.2) is 8.42 Å². The van der Waals surface area contributed by atoms with Gasteiger partial charge in [0.05, 0.1) is 11.4 Å². The lowest BCUT2D eigenvalue weighted by Crippen LogP contribution is -2.52. The highest BCUT2D eigenvalue weighted by Crippen LogP contribution is 2.26. The molecule has 0 spiro atoms. The number of hydrogen-bond donors (Lipinski definition) is 0. The fraction of sp³-hybridized carbons (Fsp3) is 0.381. The Labute approximate surface area is 176 Å². The standard InChI is InChI=1S/C21H24ClN3O3S/c22-18-7-9-19(10-8-18)29(27,28)25-14-12-23(13-15-25)21(26)16-24-11-3-5-17-4-1-2-6-20(17)24/h1-2,4,6-10H,3,5,11-16H2. The fourth-order valence-corrected chi connectivity index (χ4v) is 5.52. The van der Waals surface area contributed by atoms with Crippen LogP contribution in [0.2, 0.25) is 5.02 Å². The third-order valence-electron chi connectivity index (χ3n) is 5.58. The molecule has 154 valence electrons. The van der Waals surface area contributed by atoms with E-state index in [9.17, 15) is 13.2 Å². The molecule has 4 rings (SSSR count). The van der Waals surface area contributed by atoms with Gasteiger partial charge in [0, 0.05) is 43.4 Å². The normalized spacial score (nSPS) is 17.8. The van der Waals surface area contributed by atoms with Gasteiger partial charge in [-0.05, 0) is 48.7 Å². The topological polar surface area (TPSA) is 60.9 Å². The average molecular weight is 434 g/mol. The van der Waals surface area contributed by atoms with Crippen LogP contribution in [0.3, 0.4) is 0 Å². The van der Waals surface area contributed by atoms with Crippen molar-refractivity contribution in [3.05, 3.63) is 59.1 Å². The summed E-state index contributed by atoms with van der Waals surface area (Å²) in [7, 11) is -3.57. The number of nitrogens with zero attached hydrogens (tertiary/aromatic N) is 3. The molecule has 1 saturated heterocycles. The third-order valence-corrected chi connectivity index (χ3v) is 7.74. The Morgan fingerprint density at radius 1 is 0.931 bits per heavy atom. The number of carbonyl (C=O) groups excluding carboxylic acids is 1. The van der Waals surface area contributed by atoms with Gasteiger partial charge in [0.15, 0.2) is 0 Å². The maximum Gasteiger partial charge on any atom is 0.243 e. The molecule has 2 heterocycles. The Morgan fingerprint density at radius 3 is 2.34 bits per heavy atom. The van der Waals surface area contributed by atoms with E-state index in [-0.39, 0.29) is 10.8 Å². The van der Waals surface area contributed by atoms with Crippen LogP contribution in [0.25, 0.3) is 0 Å². The zero-order valence-electron chi connectivity index (χ0n) is 16.1. The molecule has 2 aliphatic rings. The molecule has 8 heteroatoms. The van der Waals surface area contributed by atoms with Gasteiger partial charge in [0.1, 0.15) is 0 Å². The van der Waals surface area contributed by atoms with Crippen molar-refractivity contribution >= 4 is 33.2 Å². The van der Waals surface area contributed by atoms with Crippen molar-refractivity contribution in [3.63, 3.8) is 0 Å². The number of amides is 1. The Balaban J connectivity index is 1.37. The van der Waals surface area contributed by atoms with Gasteiger partial charge in [0.25, 0.3) is 0 Å². The Kier molecular flexibility index (Phi) is 5.81. The van der Waals surface area contributed by atoms with E-state index in [0.717, 1.165) is 25.1 Å². The molecule has 29 heavy (non-hydrogen) atoms. The molecule has 0 radical (unpaired) electrons. The maximum absolute atomic E-state index is 12.8. The van der Waals surface area contributed by atoms with E-state index < -0.39 is 10.0 Å². The van der Waals surface area contributed by atoms with Crippen LogP contribution >= 0.6 is 11.6 Å². The van der Waals surface area contributed by atoms with Crippen LogP contribution in [-0.2, 0) is 21.2 Å². The van der Waals surface area contributed by atoms with Crippen molar-refractivity contribution in [2.24, 2.45) is 0 Å². The quantitative estimate of drug-likeness (QED) is 0.743. The van der Waals surface area contributed by atoms with Gasteiger partial charge in [0.2, 0.25) is 15.9 Å². The van der Waals surface area contributed by atoms with E-state index in [0.29, 0.717) is 37.7 Å². The number of sulfonamides is 1. The Morgan fingerprint density at radius 2 is 1.62 bits per heavy atom. The van der Waals surface area contributed by atoms with E-state index in [1.807, 2.05) is 12.1 Å². The molecule has 1 fully saturated rings. The lowest BCUT2D eigenvalue weighted by molar-refractivity contribution is -0.130. The lowest BCUT2D eigenvalue weighted by atomic mass is 10.0. The van der Waals surface area contributed by atoms with Crippen molar-refractivity contribution < 1.29 is 13.2 Å². The number of carbonyl (C=O) groups is 1. The molecule has 6 nitrogen and oxygen atoms in total. The van der Waals surface area contributed by atoms with E-state index in [1.165, 1.54) is 22.0 Å². The first-order valence-corrected chi connectivity index (χ1v) is 11.6. The maximum atomic E-state index is 12.8. The second-order valence-electron chi connectivity index (χ2n) is 7.39. The summed E-state index contributed by atoms with van der Waals surface area (Å²) in [6, 6.07) is 14.4. The van der Waals surface area contributed by atoms with Gasteiger partial charge in [-0.1, -0.05) is 29.8 Å². The van der Waals surface area contributed by atoms with Gasteiger partial charge in [-0.3, -0.25) is 4.79 Å². The van der Waals surface area contributed by atoms with Crippen LogP contribution in [0.5, 0.6) is 0 Å². The summed E-state index contributed by atoms with van der Waals surface area (Å²) in [6.07, 6.45) is 2.08. The van der Waals surface area contributed by atoms with Crippen LogP contribution < -0.4 is 4.90 Å². The molecule has 0 bridgehead atoms. The molecular formula is C21H24ClN3O3S. The highest BCUT2D eigenvalue weighted by atomic mass is 35.5. The van der Waals surface area contributed by atoms with Crippen LogP contribution in [0, 0.1) is 0 Å². The highest BCUT2D eigenvalue weighted by Gasteiger charge is 2.31. The summed E-state index contributed by atoms with van der Waals surface area (Å²) >= 11 is 5.86. The third kappa shape index (κ3) is 4.27. The predicted octanol–water partition coefficient (Wildman–Crippen LogP) is 2.63. The molecule has 2 aliphatic heterocycles. The lowest BCUT2D eigenvalue weighted by Gasteiger charge is -2.36. The number of hydrogen-bond acceptors (Lipinski definition) is 4. The minimum absolute atomic E-state index is 0.0465. The SMILES string of the molecule is O=C(CN1CCCc2ccccc21)N1CCN(S(=O)(=O)c2ccc(Cl)cc2)CC1. The monoisotopic (exact) mass is 433 g/mol. The van der Waals surface area contributed by atoms with Gasteiger partial charge in [-0.2, -0.15) is 4.31 Å². The minimum atomic E-state index is -3.57. The van der Waals surface area contributed by atoms with E-state index in [1.54, 1.807) is 17.0 Å². The molecule has 0 saturated carbocycles. The van der Waals surface area contributed by atoms with Gasteiger partial charge in [-0.15, -0.1) is 0 Å². The first-order valence-electron chi connectivity index (χ1n) is 9.81. The van der Waals surface area contributed by atoms with Crippen LogP contribution in [0.1, 0.15) is 12.0 Å². The van der Waals surface area contributed by atoms with Crippen LogP contribution in [-0.4, -0.2) is 62.8 Å². The highest BCUT2D eigenvalue weighted by molar-refractivity contribution is 7.89. The van der Waals surface area contributed by atoms with Crippen molar-refractivity contribution in [2.75, 3.05) is 44.2 Å². The minimum Gasteiger partial charge on any atom is -0.362 e. The number of halogens is 1. The number of anilines is 1. The smallest absolute Gasteiger partial charge is 0.243 e. The molecule has 0 atom stereocenters. The number of fused-ring (bicyclic) bond motifs is 1. The average Bonchev–Trinajstić information content (AvgIpc) is 2.74. The van der Waals surface area contributed by atoms with E-state index in [2.05, 4.69) is 17.0 Å². The first-order chi connectivity index (χ1) is 13.9. The molecule has 0 N–H and O–H groups in total. The van der Waals surface area contributed by atoms with Crippen LogP contribution in [0.4, 0.5) is 5.69 Å². The van der Waals surface area contributed by atoms with Crippen molar-refractivity contribution in [2.45, 2.75) is 17.7 Å². The Bertz CT molecular complexity index is 986. The summed E-state index contributed by atoms with van der Waals surface area (Å²) in [5, 5.41) is 0.499. The van der Waals surface area contributed by atoms with E-state index in [4.69, 9.17) is 11.6 Å². The summed E-state index contributed by atoms with van der Waals surface area (Å²) in [4.78, 5) is 17.0. The summed E-state index contributed by atoms with van der Waals surface area (Å²) in [5.74, 6) is 0.0465. The van der Waals surface area contributed by atoms with Gasteiger partial charge < -0.3 is 9.80 Å².